The second kappa shape index (κ2) is 15.8. The van der Waals surface area contributed by atoms with Crippen LogP contribution in [0.4, 0.5) is 0 Å². The number of rotatable bonds is 7. The molecule has 4 rings (SSSR count). The quantitative estimate of drug-likeness (QED) is 0.307. The van der Waals surface area contributed by atoms with Crippen molar-refractivity contribution in [1.82, 2.24) is 10.6 Å². The van der Waals surface area contributed by atoms with E-state index in [1.165, 1.54) is 13.2 Å². The third kappa shape index (κ3) is 10.3. The maximum Gasteiger partial charge on any atom is 0.347 e. The van der Waals surface area contributed by atoms with Crippen molar-refractivity contribution in [3.05, 3.63) is 76.8 Å². The standard InChI is InChI=1S/C36H45ClN2O8/c1-21-20-38-33(41)26(18-23-15-16-28(44-6)25(37)17-23)39-30(40)14-10-13-27(22(2)31-32(47-31)24-11-8-7-9-12-24)45-35(43)29(46-34(21)42)19-36(3,4)5/h7-12,14-17,21-22,26-27,29,31-32H,13,18-20H2,1-6H3,(H,38,41)(H,39,40)/b14-10-/t21-,22+,26?,27+,29?,31-,32-/m1/s1. The lowest BCUT2D eigenvalue weighted by atomic mass is 9.89. The maximum atomic E-state index is 13.6. The summed E-state index contributed by atoms with van der Waals surface area (Å²) in [6.45, 7) is 9.29. The first-order valence-corrected chi connectivity index (χ1v) is 16.3. The number of ether oxygens (including phenoxy) is 4. The van der Waals surface area contributed by atoms with Crippen molar-refractivity contribution in [3.63, 3.8) is 0 Å². The highest BCUT2D eigenvalue weighted by atomic mass is 35.5. The van der Waals surface area contributed by atoms with Gasteiger partial charge in [0.05, 0.1) is 24.2 Å². The Hall–Kier alpha value is -3.89. The van der Waals surface area contributed by atoms with E-state index in [1.807, 2.05) is 58.0 Å². The molecule has 2 aromatic rings. The first kappa shape index (κ1) is 36.0. The fourth-order valence-electron chi connectivity index (χ4n) is 5.50. The Balaban J connectivity index is 1.59. The van der Waals surface area contributed by atoms with Gasteiger partial charge in [-0.15, -0.1) is 0 Å². The number of halogens is 1. The van der Waals surface area contributed by atoms with E-state index in [4.69, 9.17) is 30.5 Å². The molecule has 2 heterocycles. The van der Waals surface area contributed by atoms with Crippen LogP contribution >= 0.6 is 11.6 Å². The summed E-state index contributed by atoms with van der Waals surface area (Å²) in [5, 5.41) is 5.87. The molecule has 0 radical (unpaired) electrons. The smallest absolute Gasteiger partial charge is 0.347 e. The fraction of sp³-hybridized carbons (Fsp3) is 0.500. The topological polar surface area (TPSA) is 133 Å². The molecule has 0 aliphatic carbocycles. The molecule has 2 unspecified atom stereocenters. The summed E-state index contributed by atoms with van der Waals surface area (Å²) in [5.74, 6) is -2.85. The van der Waals surface area contributed by atoms with Crippen LogP contribution in [0.15, 0.2) is 60.7 Å². The average molecular weight is 669 g/mol. The summed E-state index contributed by atoms with van der Waals surface area (Å²) >= 11 is 6.31. The minimum absolute atomic E-state index is 0.0694. The molecule has 0 spiro atoms. The number of methoxy groups -OCH3 is 1. The molecule has 7 atom stereocenters. The summed E-state index contributed by atoms with van der Waals surface area (Å²) in [4.78, 5) is 53.3. The number of hydrogen-bond donors (Lipinski definition) is 2. The van der Waals surface area contributed by atoms with Gasteiger partial charge in [-0.2, -0.15) is 0 Å². The van der Waals surface area contributed by atoms with E-state index < -0.39 is 47.9 Å². The molecule has 11 heteroatoms. The molecule has 1 fully saturated rings. The average Bonchev–Trinajstić information content (AvgIpc) is 3.82. The lowest BCUT2D eigenvalue weighted by Crippen LogP contribution is -2.49. The summed E-state index contributed by atoms with van der Waals surface area (Å²) in [7, 11) is 1.51. The number of hydrogen-bond acceptors (Lipinski definition) is 8. The van der Waals surface area contributed by atoms with Gasteiger partial charge in [0.25, 0.3) is 0 Å². The Morgan fingerprint density at radius 2 is 1.74 bits per heavy atom. The second-order valence-electron chi connectivity index (χ2n) is 13.5. The van der Waals surface area contributed by atoms with Crippen LogP contribution in [0.1, 0.15) is 64.7 Å². The molecular weight excluding hydrogens is 624 g/mol. The Morgan fingerprint density at radius 1 is 1.02 bits per heavy atom. The second-order valence-corrected chi connectivity index (χ2v) is 13.9. The third-order valence-electron chi connectivity index (χ3n) is 8.26. The molecule has 10 nitrogen and oxygen atoms in total. The molecule has 2 aromatic carbocycles. The van der Waals surface area contributed by atoms with Crippen LogP contribution in [0.25, 0.3) is 0 Å². The minimum Gasteiger partial charge on any atom is -0.495 e. The number of carbonyl (C=O) groups excluding carboxylic acids is 4. The number of nitrogens with one attached hydrogen (secondary N) is 2. The summed E-state index contributed by atoms with van der Waals surface area (Å²) in [6, 6.07) is 13.9. The van der Waals surface area contributed by atoms with E-state index in [1.54, 1.807) is 31.2 Å². The predicted molar refractivity (Wildman–Crippen MR) is 177 cm³/mol. The highest BCUT2D eigenvalue weighted by molar-refractivity contribution is 6.32. The van der Waals surface area contributed by atoms with E-state index in [0.717, 1.165) is 5.56 Å². The highest BCUT2D eigenvalue weighted by Crippen LogP contribution is 2.45. The van der Waals surface area contributed by atoms with E-state index in [0.29, 0.717) is 16.3 Å². The van der Waals surface area contributed by atoms with E-state index >= 15 is 0 Å². The van der Waals surface area contributed by atoms with Crippen LogP contribution in [0.5, 0.6) is 5.75 Å². The lowest BCUT2D eigenvalue weighted by Gasteiger charge is -2.29. The van der Waals surface area contributed by atoms with Gasteiger partial charge in [0.1, 0.15) is 24.0 Å². The zero-order valence-electron chi connectivity index (χ0n) is 27.8. The maximum absolute atomic E-state index is 13.6. The van der Waals surface area contributed by atoms with Gasteiger partial charge in [-0.3, -0.25) is 14.4 Å². The van der Waals surface area contributed by atoms with Crippen molar-refractivity contribution in [3.8, 4) is 5.75 Å². The predicted octanol–water partition coefficient (Wildman–Crippen LogP) is 5.12. The summed E-state index contributed by atoms with van der Waals surface area (Å²) < 4.78 is 23.0. The van der Waals surface area contributed by atoms with E-state index in [2.05, 4.69) is 10.6 Å². The normalized spacial score (nSPS) is 27.5. The molecule has 47 heavy (non-hydrogen) atoms. The number of esters is 2. The zero-order valence-corrected chi connectivity index (χ0v) is 28.5. The van der Waals surface area contributed by atoms with Gasteiger partial charge in [-0.05, 0) is 34.8 Å². The fourth-order valence-corrected chi connectivity index (χ4v) is 5.78. The van der Waals surface area contributed by atoms with Crippen LogP contribution < -0.4 is 15.4 Å². The zero-order chi connectivity index (χ0) is 34.3. The van der Waals surface area contributed by atoms with Gasteiger partial charge in [0.2, 0.25) is 11.8 Å². The molecule has 2 N–H and O–H groups in total. The molecule has 2 aliphatic rings. The van der Waals surface area contributed by atoms with Crippen molar-refractivity contribution in [1.29, 1.82) is 0 Å². The monoisotopic (exact) mass is 668 g/mol. The number of carbonyl (C=O) groups is 4. The van der Waals surface area contributed by atoms with Gasteiger partial charge in [-0.25, -0.2) is 4.79 Å². The van der Waals surface area contributed by atoms with E-state index in [-0.39, 0.29) is 49.3 Å². The molecule has 2 amide bonds. The molecule has 0 bridgehead atoms. The molecular formula is C36H45ClN2O8. The Morgan fingerprint density at radius 3 is 2.40 bits per heavy atom. The van der Waals surface area contributed by atoms with Gasteiger partial charge < -0.3 is 29.6 Å². The minimum atomic E-state index is -1.16. The van der Waals surface area contributed by atoms with Gasteiger partial charge >= 0.3 is 11.9 Å². The van der Waals surface area contributed by atoms with Crippen molar-refractivity contribution in [2.75, 3.05) is 13.7 Å². The van der Waals surface area contributed by atoms with Crippen LogP contribution in [-0.4, -0.2) is 61.8 Å². The van der Waals surface area contributed by atoms with Crippen molar-refractivity contribution in [2.45, 2.75) is 84.3 Å². The van der Waals surface area contributed by atoms with Crippen LogP contribution in [0.3, 0.4) is 0 Å². The number of benzene rings is 2. The summed E-state index contributed by atoms with van der Waals surface area (Å²) in [6.07, 6.45) is 1.31. The number of cyclic esters (lactones) is 2. The largest absolute Gasteiger partial charge is 0.495 e. The highest BCUT2D eigenvalue weighted by Gasteiger charge is 2.47. The Bertz CT molecular complexity index is 1460. The van der Waals surface area contributed by atoms with E-state index in [9.17, 15) is 19.2 Å². The van der Waals surface area contributed by atoms with Gasteiger partial charge in [-0.1, -0.05) is 88.7 Å². The summed E-state index contributed by atoms with van der Waals surface area (Å²) in [5.41, 5.74) is 1.36. The number of amides is 2. The first-order valence-electron chi connectivity index (χ1n) is 15.9. The van der Waals surface area contributed by atoms with Gasteiger partial charge in [0.15, 0.2) is 6.10 Å². The third-order valence-corrected chi connectivity index (χ3v) is 8.55. The molecule has 0 aromatic heterocycles. The lowest BCUT2D eigenvalue weighted by molar-refractivity contribution is -0.177. The Labute approximate surface area is 281 Å². The molecule has 2 aliphatic heterocycles. The van der Waals surface area contributed by atoms with Crippen LogP contribution in [0.2, 0.25) is 5.02 Å². The molecule has 1 saturated heterocycles. The Kier molecular flexibility index (Phi) is 12.1. The van der Waals surface area contributed by atoms with Crippen LogP contribution in [0, 0.1) is 17.3 Å². The number of epoxide rings is 1. The van der Waals surface area contributed by atoms with Gasteiger partial charge in [0, 0.05) is 31.7 Å². The first-order chi connectivity index (χ1) is 22.3. The van der Waals surface area contributed by atoms with Crippen molar-refractivity contribution >= 4 is 35.4 Å². The van der Waals surface area contributed by atoms with Crippen molar-refractivity contribution < 1.29 is 38.1 Å². The van der Waals surface area contributed by atoms with Crippen molar-refractivity contribution in [2.24, 2.45) is 17.3 Å². The molecule has 254 valence electrons. The molecule has 0 saturated carbocycles. The van der Waals surface area contributed by atoms with Crippen LogP contribution in [-0.2, 0) is 39.8 Å². The SMILES string of the molecule is COc1ccc(CC2NC(=O)/C=C\C[C@@H]([C@H](C)[C@H]3O[C@@H]3c3ccccc3)OC(=O)C(CC(C)(C)C)OC(=O)[C@H](C)CNC2=O)cc1Cl.